The van der Waals surface area contributed by atoms with E-state index in [-0.39, 0.29) is 5.91 Å². The minimum Gasteiger partial charge on any atom is -0.351 e. The fraction of sp³-hybridized carbons (Fsp3) is 0.688. The highest BCUT2D eigenvalue weighted by atomic mass is 32.2. The number of ketones is 1. The van der Waals surface area contributed by atoms with Crippen LogP contribution in [0.2, 0.25) is 0 Å². The summed E-state index contributed by atoms with van der Waals surface area (Å²) in [6, 6.07) is 0. The highest BCUT2D eigenvalue weighted by molar-refractivity contribution is 8.01. The Bertz CT molecular complexity index is 558. The minimum absolute atomic E-state index is 0.0281. The van der Waals surface area contributed by atoms with Crippen molar-refractivity contribution in [1.29, 1.82) is 0 Å². The molecule has 0 bridgehead atoms. The molecule has 1 aromatic heterocycles. The SMILES string of the molecule is CCSc1ncc(C(=O)NCCCCC2C(=O)CC3CC32)s1. The maximum atomic E-state index is 12.0. The lowest BCUT2D eigenvalue weighted by molar-refractivity contribution is -0.121. The van der Waals surface area contributed by atoms with Gasteiger partial charge in [-0.2, -0.15) is 0 Å². The fourth-order valence-electron chi connectivity index (χ4n) is 3.35. The van der Waals surface area contributed by atoms with Crippen molar-refractivity contribution in [3.8, 4) is 0 Å². The first kappa shape index (κ1) is 16.0. The Hall–Kier alpha value is -0.880. The van der Waals surface area contributed by atoms with Crippen molar-refractivity contribution < 1.29 is 9.59 Å². The molecule has 2 fully saturated rings. The Balaban J connectivity index is 1.32. The topological polar surface area (TPSA) is 59.1 Å². The second-order valence-corrected chi connectivity index (χ2v) is 8.65. The van der Waals surface area contributed by atoms with E-state index < -0.39 is 0 Å². The van der Waals surface area contributed by atoms with Crippen molar-refractivity contribution in [2.75, 3.05) is 12.3 Å². The van der Waals surface area contributed by atoms with E-state index in [1.165, 1.54) is 17.8 Å². The zero-order valence-electron chi connectivity index (χ0n) is 12.8. The van der Waals surface area contributed by atoms with Crippen molar-refractivity contribution >= 4 is 34.8 Å². The van der Waals surface area contributed by atoms with Crippen LogP contribution < -0.4 is 5.32 Å². The van der Waals surface area contributed by atoms with E-state index in [9.17, 15) is 9.59 Å². The number of carbonyl (C=O) groups is 2. The Morgan fingerprint density at radius 2 is 2.36 bits per heavy atom. The molecule has 0 aromatic carbocycles. The van der Waals surface area contributed by atoms with Crippen LogP contribution in [0.4, 0.5) is 0 Å². The molecule has 1 aromatic rings. The summed E-state index contributed by atoms with van der Waals surface area (Å²) >= 11 is 3.11. The Kier molecular flexibility index (Phi) is 5.18. The van der Waals surface area contributed by atoms with E-state index in [4.69, 9.17) is 0 Å². The van der Waals surface area contributed by atoms with Crippen molar-refractivity contribution in [2.45, 2.75) is 43.4 Å². The molecule has 6 heteroatoms. The van der Waals surface area contributed by atoms with Crippen LogP contribution >= 0.6 is 23.1 Å². The van der Waals surface area contributed by atoms with Crippen molar-refractivity contribution in [1.82, 2.24) is 10.3 Å². The average molecular weight is 338 g/mol. The maximum Gasteiger partial charge on any atom is 0.263 e. The predicted molar refractivity (Wildman–Crippen MR) is 89.4 cm³/mol. The lowest BCUT2D eigenvalue weighted by Crippen LogP contribution is -2.23. The van der Waals surface area contributed by atoms with Crippen molar-refractivity contribution in [3.05, 3.63) is 11.1 Å². The number of hydrogen-bond acceptors (Lipinski definition) is 5. The van der Waals surface area contributed by atoms with Crippen LogP contribution in [0.5, 0.6) is 0 Å². The molecule has 120 valence electrons. The lowest BCUT2D eigenvalue weighted by Gasteiger charge is -2.10. The second kappa shape index (κ2) is 7.13. The largest absolute Gasteiger partial charge is 0.351 e. The van der Waals surface area contributed by atoms with Gasteiger partial charge in [-0.25, -0.2) is 4.98 Å². The third-order valence-corrected chi connectivity index (χ3v) is 6.61. The number of amides is 1. The van der Waals surface area contributed by atoms with E-state index in [1.807, 2.05) is 0 Å². The molecule has 0 spiro atoms. The van der Waals surface area contributed by atoms with Crippen LogP contribution in [0.15, 0.2) is 10.5 Å². The van der Waals surface area contributed by atoms with E-state index in [1.54, 1.807) is 18.0 Å². The number of Topliss-reactive ketones (excluding diaryl/α,β-unsaturated/α-hetero) is 1. The Labute approximate surface area is 139 Å². The van der Waals surface area contributed by atoms with Gasteiger partial charge in [-0.1, -0.05) is 25.1 Å². The molecule has 1 heterocycles. The number of fused-ring (bicyclic) bond motifs is 1. The number of hydrogen-bond donors (Lipinski definition) is 1. The average Bonchev–Trinajstić information content (AvgIpc) is 2.94. The summed E-state index contributed by atoms with van der Waals surface area (Å²) in [6.07, 6.45) is 6.74. The van der Waals surface area contributed by atoms with Gasteiger partial charge in [0.25, 0.3) is 5.91 Å². The van der Waals surface area contributed by atoms with Gasteiger partial charge < -0.3 is 5.32 Å². The zero-order valence-corrected chi connectivity index (χ0v) is 14.5. The summed E-state index contributed by atoms with van der Waals surface area (Å²) in [5.41, 5.74) is 0. The molecule has 3 rings (SSSR count). The zero-order chi connectivity index (χ0) is 15.5. The summed E-state index contributed by atoms with van der Waals surface area (Å²) in [5.74, 6) is 3.18. The molecule has 4 nitrogen and oxygen atoms in total. The van der Waals surface area contributed by atoms with Crippen LogP contribution in [0, 0.1) is 17.8 Å². The molecular weight excluding hydrogens is 316 g/mol. The Morgan fingerprint density at radius 1 is 1.50 bits per heavy atom. The molecule has 2 saturated carbocycles. The summed E-state index contributed by atoms with van der Waals surface area (Å²) in [7, 11) is 0. The standard InChI is InChI=1S/C16H22N2O2S2/c1-2-21-16-18-9-14(22-16)15(20)17-6-4-3-5-11-12-7-10(12)8-13(11)19/h9-12H,2-8H2,1H3,(H,17,20). The van der Waals surface area contributed by atoms with Crippen LogP contribution in [-0.4, -0.2) is 29.0 Å². The van der Waals surface area contributed by atoms with Crippen molar-refractivity contribution in [3.63, 3.8) is 0 Å². The summed E-state index contributed by atoms with van der Waals surface area (Å²) in [6.45, 7) is 2.76. The lowest BCUT2D eigenvalue weighted by atomic mass is 9.95. The molecule has 1 amide bonds. The van der Waals surface area contributed by atoms with Gasteiger partial charge in [0.1, 0.15) is 10.7 Å². The number of carbonyl (C=O) groups excluding carboxylic acids is 2. The Morgan fingerprint density at radius 3 is 3.09 bits per heavy atom. The number of thioether (sulfide) groups is 1. The molecule has 22 heavy (non-hydrogen) atoms. The van der Waals surface area contributed by atoms with Gasteiger partial charge in [0.2, 0.25) is 0 Å². The predicted octanol–water partition coefficient (Wildman–Crippen LogP) is 3.38. The first-order valence-corrected chi connectivity index (χ1v) is 9.88. The summed E-state index contributed by atoms with van der Waals surface area (Å²) < 4.78 is 0.950. The molecule has 2 aliphatic carbocycles. The number of nitrogens with one attached hydrogen (secondary N) is 1. The van der Waals surface area contributed by atoms with Crippen LogP contribution in [-0.2, 0) is 4.79 Å². The molecular formula is C16H22N2O2S2. The van der Waals surface area contributed by atoms with Crippen LogP contribution in [0.1, 0.15) is 48.7 Å². The van der Waals surface area contributed by atoms with Gasteiger partial charge in [0, 0.05) is 18.9 Å². The van der Waals surface area contributed by atoms with Gasteiger partial charge in [-0.05, 0) is 36.9 Å². The van der Waals surface area contributed by atoms with Gasteiger partial charge in [0.05, 0.1) is 6.20 Å². The molecule has 3 atom stereocenters. The second-order valence-electron chi connectivity index (χ2n) is 6.11. The van der Waals surface area contributed by atoms with E-state index in [2.05, 4.69) is 17.2 Å². The van der Waals surface area contributed by atoms with Crippen LogP contribution in [0.3, 0.4) is 0 Å². The van der Waals surface area contributed by atoms with Gasteiger partial charge in [0.15, 0.2) is 4.34 Å². The van der Waals surface area contributed by atoms with Crippen LogP contribution in [0.25, 0.3) is 0 Å². The number of unbranched alkanes of at least 4 members (excludes halogenated alkanes) is 1. The van der Waals surface area contributed by atoms with E-state index >= 15 is 0 Å². The monoisotopic (exact) mass is 338 g/mol. The number of rotatable bonds is 8. The third-order valence-electron chi connectivity index (χ3n) is 4.57. The van der Waals surface area contributed by atoms with Gasteiger partial charge >= 0.3 is 0 Å². The minimum atomic E-state index is -0.0281. The van der Waals surface area contributed by atoms with E-state index in [0.29, 0.717) is 29.0 Å². The normalized spacial score (nSPS) is 26.0. The first-order chi connectivity index (χ1) is 10.7. The fourth-order valence-corrected chi connectivity index (χ4v) is 5.15. The molecule has 0 saturated heterocycles. The summed E-state index contributed by atoms with van der Waals surface area (Å²) in [5, 5.41) is 2.95. The number of nitrogens with zero attached hydrogens (tertiary/aromatic N) is 1. The molecule has 0 aliphatic heterocycles. The number of thiazole rings is 1. The third kappa shape index (κ3) is 3.71. The molecule has 0 radical (unpaired) electrons. The number of aromatic nitrogens is 1. The smallest absolute Gasteiger partial charge is 0.263 e. The molecule has 1 N–H and O–H groups in total. The van der Waals surface area contributed by atoms with E-state index in [0.717, 1.165) is 41.7 Å². The highest BCUT2D eigenvalue weighted by Gasteiger charge is 2.52. The highest BCUT2D eigenvalue weighted by Crippen LogP contribution is 2.54. The van der Waals surface area contributed by atoms with Crippen molar-refractivity contribution in [2.24, 2.45) is 17.8 Å². The quantitative estimate of drug-likeness (QED) is 0.583. The summed E-state index contributed by atoms with van der Waals surface area (Å²) in [4.78, 5) is 28.6. The maximum absolute atomic E-state index is 12.0. The molecule has 3 unspecified atom stereocenters. The van der Waals surface area contributed by atoms with Gasteiger partial charge in [-0.15, -0.1) is 11.3 Å². The van der Waals surface area contributed by atoms with Gasteiger partial charge in [-0.3, -0.25) is 9.59 Å². The molecule has 2 aliphatic rings. The first-order valence-electron chi connectivity index (χ1n) is 8.08.